The molecule has 0 atom stereocenters. The van der Waals surface area contributed by atoms with Crippen LogP contribution in [0, 0.1) is 5.82 Å². The van der Waals surface area contributed by atoms with Gasteiger partial charge in [0, 0.05) is 10.9 Å². The van der Waals surface area contributed by atoms with E-state index in [0.717, 1.165) is 4.47 Å². The van der Waals surface area contributed by atoms with Gasteiger partial charge in [-0.25, -0.2) is 4.39 Å². The fourth-order valence-electron chi connectivity index (χ4n) is 1.83. The second kappa shape index (κ2) is 6.37. The smallest absolute Gasteiger partial charge is 0.170 e. The van der Waals surface area contributed by atoms with E-state index in [1.54, 1.807) is 24.3 Å². The lowest BCUT2D eigenvalue weighted by molar-refractivity contribution is 0.0990. The first-order chi connectivity index (χ1) is 9.51. The molecule has 0 unspecified atom stereocenters. The summed E-state index contributed by atoms with van der Waals surface area (Å²) in [5.41, 5.74) is 1.14. The lowest BCUT2D eigenvalue weighted by Gasteiger charge is -2.08. The first kappa shape index (κ1) is 15.0. The second-order valence-electron chi connectivity index (χ2n) is 4.19. The number of ketones is 1. The molecule has 2 aromatic rings. The number of benzene rings is 2. The molecule has 0 N–H and O–H groups in total. The standard InChI is InChI=1S/C15H11BrClFO2/c1-20-15-8-10(16)3-4-11(15)14(19)7-9-2-5-13(18)12(17)6-9/h2-6,8H,7H2,1H3. The number of methoxy groups -OCH3 is 1. The predicted molar refractivity (Wildman–Crippen MR) is 80.1 cm³/mol. The number of hydrogen-bond acceptors (Lipinski definition) is 2. The molecule has 0 amide bonds. The first-order valence-corrected chi connectivity index (χ1v) is 6.99. The van der Waals surface area contributed by atoms with Crippen LogP contribution in [0.5, 0.6) is 5.75 Å². The lowest BCUT2D eigenvalue weighted by atomic mass is 10.0. The quantitative estimate of drug-likeness (QED) is 0.743. The average molecular weight is 358 g/mol. The summed E-state index contributed by atoms with van der Waals surface area (Å²) in [4.78, 5) is 12.3. The predicted octanol–water partition coefficient (Wildman–Crippen LogP) is 4.68. The topological polar surface area (TPSA) is 26.3 Å². The summed E-state index contributed by atoms with van der Waals surface area (Å²) in [5, 5.41) is 0.0121. The van der Waals surface area contributed by atoms with Crippen LogP contribution in [0.25, 0.3) is 0 Å². The molecule has 0 aliphatic carbocycles. The van der Waals surface area contributed by atoms with E-state index < -0.39 is 5.82 Å². The number of hydrogen-bond donors (Lipinski definition) is 0. The minimum atomic E-state index is -0.496. The van der Waals surface area contributed by atoms with Gasteiger partial charge in [0.05, 0.1) is 17.7 Å². The third kappa shape index (κ3) is 3.38. The van der Waals surface area contributed by atoms with E-state index in [0.29, 0.717) is 16.9 Å². The molecule has 0 aliphatic heterocycles. The zero-order valence-corrected chi connectivity index (χ0v) is 13.0. The Morgan fingerprint density at radius 3 is 2.70 bits per heavy atom. The van der Waals surface area contributed by atoms with Crippen molar-refractivity contribution in [2.75, 3.05) is 7.11 Å². The van der Waals surface area contributed by atoms with Crippen LogP contribution in [0.2, 0.25) is 5.02 Å². The molecule has 0 aliphatic rings. The maximum absolute atomic E-state index is 13.1. The largest absolute Gasteiger partial charge is 0.496 e. The van der Waals surface area contributed by atoms with Gasteiger partial charge in [-0.2, -0.15) is 0 Å². The summed E-state index contributed by atoms with van der Waals surface area (Å²) in [5.74, 6) is -0.112. The number of carbonyl (C=O) groups is 1. The van der Waals surface area contributed by atoms with Crippen molar-refractivity contribution >= 4 is 33.3 Å². The van der Waals surface area contributed by atoms with Gasteiger partial charge < -0.3 is 4.74 Å². The first-order valence-electron chi connectivity index (χ1n) is 5.82. The molecule has 0 spiro atoms. The van der Waals surface area contributed by atoms with Crippen LogP contribution >= 0.6 is 27.5 Å². The summed E-state index contributed by atoms with van der Waals surface area (Å²) < 4.78 is 19.1. The average Bonchev–Trinajstić information content (AvgIpc) is 2.42. The third-order valence-corrected chi connectivity index (χ3v) is 3.60. The molecule has 2 rings (SSSR count). The summed E-state index contributed by atoms with van der Waals surface area (Å²) in [6.07, 6.45) is 0.137. The van der Waals surface area contributed by atoms with Crippen molar-refractivity contribution in [3.05, 3.63) is 62.8 Å². The molecule has 0 saturated carbocycles. The molecule has 0 radical (unpaired) electrons. The highest BCUT2D eigenvalue weighted by Crippen LogP contribution is 2.25. The summed E-state index contributed by atoms with van der Waals surface area (Å²) in [6, 6.07) is 9.45. The molecular formula is C15H11BrClFO2. The molecule has 0 heterocycles. The van der Waals surface area contributed by atoms with Gasteiger partial charge in [0.2, 0.25) is 0 Å². The Kier molecular flexibility index (Phi) is 4.78. The zero-order valence-electron chi connectivity index (χ0n) is 10.6. The zero-order chi connectivity index (χ0) is 14.7. The van der Waals surface area contributed by atoms with Crippen molar-refractivity contribution in [1.29, 1.82) is 0 Å². The maximum Gasteiger partial charge on any atom is 0.170 e. The van der Waals surface area contributed by atoms with Crippen LogP contribution in [-0.2, 0) is 6.42 Å². The van der Waals surface area contributed by atoms with Gasteiger partial charge in [0.15, 0.2) is 5.78 Å². The molecule has 104 valence electrons. The molecule has 0 bridgehead atoms. The fourth-order valence-corrected chi connectivity index (χ4v) is 2.37. The Morgan fingerprint density at radius 1 is 1.30 bits per heavy atom. The highest BCUT2D eigenvalue weighted by molar-refractivity contribution is 9.10. The Labute approximate surface area is 129 Å². The Bertz CT molecular complexity index is 658. The molecule has 5 heteroatoms. The third-order valence-electron chi connectivity index (χ3n) is 2.81. The van der Waals surface area contributed by atoms with Gasteiger partial charge in [-0.05, 0) is 35.9 Å². The van der Waals surface area contributed by atoms with Crippen LogP contribution in [0.4, 0.5) is 4.39 Å². The number of Topliss-reactive ketones (excluding diaryl/α,β-unsaturated/α-hetero) is 1. The maximum atomic E-state index is 13.1. The van der Waals surface area contributed by atoms with E-state index in [-0.39, 0.29) is 17.2 Å². The highest BCUT2D eigenvalue weighted by Gasteiger charge is 2.14. The Hall–Kier alpha value is -1.39. The molecule has 20 heavy (non-hydrogen) atoms. The Balaban J connectivity index is 2.25. The van der Waals surface area contributed by atoms with E-state index in [1.165, 1.54) is 19.2 Å². The monoisotopic (exact) mass is 356 g/mol. The van der Waals surface area contributed by atoms with Crippen molar-refractivity contribution in [3.8, 4) is 5.75 Å². The minimum absolute atomic E-state index is 0.0121. The molecular weight excluding hydrogens is 347 g/mol. The van der Waals surface area contributed by atoms with Crippen molar-refractivity contribution < 1.29 is 13.9 Å². The van der Waals surface area contributed by atoms with Crippen LogP contribution < -0.4 is 4.74 Å². The molecule has 2 aromatic carbocycles. The van der Waals surface area contributed by atoms with Gasteiger partial charge in [-0.1, -0.05) is 33.6 Å². The second-order valence-corrected chi connectivity index (χ2v) is 5.52. The molecule has 2 nitrogen and oxygen atoms in total. The van der Waals surface area contributed by atoms with Gasteiger partial charge in [-0.3, -0.25) is 4.79 Å². The van der Waals surface area contributed by atoms with E-state index in [9.17, 15) is 9.18 Å². The minimum Gasteiger partial charge on any atom is -0.496 e. The van der Waals surface area contributed by atoms with Gasteiger partial charge >= 0.3 is 0 Å². The van der Waals surface area contributed by atoms with Crippen LogP contribution in [0.15, 0.2) is 40.9 Å². The van der Waals surface area contributed by atoms with Crippen LogP contribution in [-0.4, -0.2) is 12.9 Å². The van der Waals surface area contributed by atoms with E-state index >= 15 is 0 Å². The number of ether oxygens (including phenoxy) is 1. The number of halogens is 3. The number of carbonyl (C=O) groups excluding carboxylic acids is 1. The van der Waals surface area contributed by atoms with Gasteiger partial charge in [0.1, 0.15) is 11.6 Å². The van der Waals surface area contributed by atoms with Crippen molar-refractivity contribution in [1.82, 2.24) is 0 Å². The molecule has 0 fully saturated rings. The molecule has 0 aromatic heterocycles. The number of rotatable bonds is 4. The summed E-state index contributed by atoms with van der Waals surface area (Å²) in [7, 11) is 1.51. The summed E-state index contributed by atoms with van der Waals surface area (Å²) >= 11 is 9.03. The van der Waals surface area contributed by atoms with Crippen molar-refractivity contribution in [2.24, 2.45) is 0 Å². The SMILES string of the molecule is COc1cc(Br)ccc1C(=O)Cc1ccc(F)c(Cl)c1. The van der Waals surface area contributed by atoms with Gasteiger partial charge in [0.25, 0.3) is 0 Å². The van der Waals surface area contributed by atoms with Crippen molar-refractivity contribution in [2.45, 2.75) is 6.42 Å². The lowest BCUT2D eigenvalue weighted by Crippen LogP contribution is -2.06. The highest BCUT2D eigenvalue weighted by atomic mass is 79.9. The van der Waals surface area contributed by atoms with E-state index in [4.69, 9.17) is 16.3 Å². The van der Waals surface area contributed by atoms with E-state index in [1.807, 2.05) is 0 Å². The fraction of sp³-hybridized carbons (Fsp3) is 0.133. The molecule has 0 saturated heterocycles. The van der Waals surface area contributed by atoms with Crippen LogP contribution in [0.3, 0.4) is 0 Å². The normalized spacial score (nSPS) is 10.4. The Morgan fingerprint density at radius 2 is 2.05 bits per heavy atom. The van der Waals surface area contributed by atoms with Gasteiger partial charge in [-0.15, -0.1) is 0 Å². The van der Waals surface area contributed by atoms with Crippen molar-refractivity contribution in [3.63, 3.8) is 0 Å². The van der Waals surface area contributed by atoms with E-state index in [2.05, 4.69) is 15.9 Å². The summed E-state index contributed by atoms with van der Waals surface area (Å²) in [6.45, 7) is 0. The van der Waals surface area contributed by atoms with Crippen LogP contribution in [0.1, 0.15) is 15.9 Å².